The number of anilines is 1. The maximum Gasteiger partial charge on any atom is 0.323 e. The maximum absolute atomic E-state index is 12.9. The highest BCUT2D eigenvalue weighted by atomic mass is 32.2. The van der Waals surface area contributed by atoms with Crippen LogP contribution in [0.1, 0.15) is 20.3 Å². The Morgan fingerprint density at radius 2 is 1.85 bits per heavy atom. The number of rotatable bonds is 6. The van der Waals surface area contributed by atoms with Gasteiger partial charge in [-0.2, -0.15) is 0 Å². The molecule has 26 heavy (non-hydrogen) atoms. The second-order valence-corrected chi connectivity index (χ2v) is 8.15. The van der Waals surface area contributed by atoms with Gasteiger partial charge in [-0.1, -0.05) is 31.2 Å². The lowest BCUT2D eigenvalue weighted by Crippen LogP contribution is -2.47. The number of carbonyl (C=O) groups excluding carboxylic acids is 1. The van der Waals surface area contributed by atoms with Crippen LogP contribution in [0, 0.1) is 0 Å². The first-order valence-corrected chi connectivity index (χ1v) is 9.77. The Morgan fingerprint density at radius 1 is 1.19 bits per heavy atom. The van der Waals surface area contributed by atoms with Crippen LogP contribution in [-0.4, -0.2) is 49.4 Å². The van der Waals surface area contributed by atoms with Crippen LogP contribution in [0.5, 0.6) is 0 Å². The van der Waals surface area contributed by atoms with E-state index < -0.39 is 35.0 Å². The number of sulfonamides is 1. The first-order chi connectivity index (χ1) is 12.3. The molecule has 138 valence electrons. The Morgan fingerprint density at radius 3 is 2.46 bits per heavy atom. The van der Waals surface area contributed by atoms with Gasteiger partial charge in [0.15, 0.2) is 0 Å². The molecule has 1 atom stereocenters. The topological polar surface area (TPSA) is 95.0 Å². The summed E-state index contributed by atoms with van der Waals surface area (Å²) in [6, 6.07) is 9.92. The van der Waals surface area contributed by atoms with E-state index in [1.54, 1.807) is 25.1 Å². The van der Waals surface area contributed by atoms with Crippen molar-refractivity contribution in [2.45, 2.75) is 31.2 Å². The summed E-state index contributed by atoms with van der Waals surface area (Å²) in [5.74, 6) is -1.66. The third-order valence-corrected chi connectivity index (χ3v) is 6.51. The van der Waals surface area contributed by atoms with Gasteiger partial charge in [-0.3, -0.25) is 13.9 Å². The van der Waals surface area contributed by atoms with Gasteiger partial charge in [0.05, 0.1) is 10.6 Å². The van der Waals surface area contributed by atoms with E-state index >= 15 is 0 Å². The number of hydrogen-bond donors (Lipinski definition) is 1. The first kappa shape index (κ1) is 18.2. The molecule has 3 rings (SSSR count). The fourth-order valence-electron chi connectivity index (χ4n) is 3.20. The second-order valence-electron chi connectivity index (χ2n) is 6.32. The van der Waals surface area contributed by atoms with Gasteiger partial charge in [0.2, 0.25) is 5.91 Å². The molecule has 2 aromatic rings. The fraction of sp³-hybridized carbons (Fsp3) is 0.333. The molecule has 1 aliphatic rings. The summed E-state index contributed by atoms with van der Waals surface area (Å²) < 4.78 is 26.9. The Bertz CT molecular complexity index is 981. The molecule has 1 amide bonds. The Labute approximate surface area is 151 Å². The van der Waals surface area contributed by atoms with E-state index in [9.17, 15) is 18.0 Å². The Kier molecular flexibility index (Phi) is 4.62. The summed E-state index contributed by atoms with van der Waals surface area (Å²) in [5, 5.41) is 10.5. The van der Waals surface area contributed by atoms with Crippen LogP contribution in [0.2, 0.25) is 0 Å². The molecule has 1 aliphatic heterocycles. The van der Waals surface area contributed by atoms with Crippen molar-refractivity contribution in [1.82, 2.24) is 4.90 Å². The van der Waals surface area contributed by atoms with E-state index in [1.807, 2.05) is 19.1 Å². The zero-order valence-electron chi connectivity index (χ0n) is 14.5. The molecule has 0 spiro atoms. The quantitative estimate of drug-likeness (QED) is 0.833. The van der Waals surface area contributed by atoms with Gasteiger partial charge >= 0.3 is 5.97 Å². The molecule has 0 saturated carbocycles. The second kappa shape index (κ2) is 6.60. The zero-order valence-corrected chi connectivity index (χ0v) is 15.4. The van der Waals surface area contributed by atoms with Crippen molar-refractivity contribution < 1.29 is 23.1 Å². The number of carboxylic acids is 1. The Hall–Kier alpha value is -2.61. The van der Waals surface area contributed by atoms with E-state index in [2.05, 4.69) is 0 Å². The minimum atomic E-state index is -3.85. The van der Waals surface area contributed by atoms with Crippen LogP contribution in [0.3, 0.4) is 0 Å². The number of nitrogens with zero attached hydrogens (tertiary/aromatic N) is 2. The lowest BCUT2D eigenvalue weighted by molar-refractivity contribution is -0.145. The van der Waals surface area contributed by atoms with Crippen molar-refractivity contribution in [3.05, 3.63) is 36.4 Å². The highest BCUT2D eigenvalue weighted by molar-refractivity contribution is 7.93. The number of carbonyl (C=O) groups is 2. The van der Waals surface area contributed by atoms with Crippen LogP contribution in [0.4, 0.5) is 5.69 Å². The number of carboxylic acid groups (broad SMARTS) is 1. The van der Waals surface area contributed by atoms with E-state index in [0.717, 1.165) is 9.69 Å². The van der Waals surface area contributed by atoms with E-state index in [0.29, 0.717) is 17.5 Å². The molecular weight excluding hydrogens is 356 g/mol. The van der Waals surface area contributed by atoms with Crippen molar-refractivity contribution in [3.63, 3.8) is 0 Å². The molecule has 7 nitrogen and oxygen atoms in total. The molecule has 0 aliphatic carbocycles. The first-order valence-electron chi connectivity index (χ1n) is 8.33. The normalized spacial score (nSPS) is 15.8. The van der Waals surface area contributed by atoms with Gasteiger partial charge in [-0.15, -0.1) is 0 Å². The highest BCUT2D eigenvalue weighted by Crippen LogP contribution is 2.41. The Balaban J connectivity index is 1.99. The molecule has 0 aromatic heterocycles. The number of amides is 1. The summed E-state index contributed by atoms with van der Waals surface area (Å²) in [6.07, 6.45) is 0.571. The third kappa shape index (κ3) is 2.90. The minimum absolute atomic E-state index is 0.173. The van der Waals surface area contributed by atoms with Crippen molar-refractivity contribution in [1.29, 1.82) is 0 Å². The predicted octanol–water partition coefficient (Wildman–Crippen LogP) is 2.06. The minimum Gasteiger partial charge on any atom is -0.480 e. The summed E-state index contributed by atoms with van der Waals surface area (Å²) >= 11 is 0. The maximum atomic E-state index is 12.9. The average Bonchev–Trinajstić information content (AvgIpc) is 2.82. The molecule has 1 heterocycles. The van der Waals surface area contributed by atoms with Gasteiger partial charge < -0.3 is 10.0 Å². The fourth-order valence-corrected chi connectivity index (χ4v) is 4.86. The molecular formula is C18H20N2O5S. The van der Waals surface area contributed by atoms with Gasteiger partial charge in [-0.05, 0) is 30.9 Å². The monoisotopic (exact) mass is 376 g/mol. The molecule has 0 radical (unpaired) electrons. The van der Waals surface area contributed by atoms with Crippen molar-refractivity contribution >= 4 is 38.4 Å². The van der Waals surface area contributed by atoms with E-state index in [-0.39, 0.29) is 10.9 Å². The van der Waals surface area contributed by atoms with E-state index in [4.69, 9.17) is 5.11 Å². The number of benzene rings is 2. The van der Waals surface area contributed by atoms with Crippen LogP contribution in [0.25, 0.3) is 10.8 Å². The molecule has 2 aromatic carbocycles. The van der Waals surface area contributed by atoms with Crippen molar-refractivity contribution in [3.8, 4) is 0 Å². The zero-order chi connectivity index (χ0) is 19.1. The van der Waals surface area contributed by atoms with Crippen LogP contribution < -0.4 is 4.31 Å². The summed E-state index contributed by atoms with van der Waals surface area (Å²) in [5.41, 5.74) is 0.450. The van der Waals surface area contributed by atoms with E-state index in [1.165, 1.54) is 11.0 Å². The number of hydrogen-bond acceptors (Lipinski definition) is 4. The van der Waals surface area contributed by atoms with Crippen molar-refractivity contribution in [2.24, 2.45) is 0 Å². The summed E-state index contributed by atoms with van der Waals surface area (Å²) in [6.45, 7) is 2.71. The van der Waals surface area contributed by atoms with Gasteiger partial charge in [0, 0.05) is 11.4 Å². The molecule has 8 heteroatoms. The van der Waals surface area contributed by atoms with Gasteiger partial charge in [0.1, 0.15) is 13.1 Å². The highest BCUT2D eigenvalue weighted by Gasteiger charge is 2.38. The molecule has 0 bridgehead atoms. The molecule has 1 unspecified atom stereocenters. The predicted molar refractivity (Wildman–Crippen MR) is 97.6 cm³/mol. The SMILES string of the molecule is CCC(C)N(CC(=O)O)C(=O)CN1c2cccc3cccc(c23)S1(=O)=O. The third-order valence-electron chi connectivity index (χ3n) is 4.71. The number of aliphatic carboxylic acids is 1. The molecule has 0 fully saturated rings. The van der Waals surface area contributed by atoms with Crippen LogP contribution >= 0.6 is 0 Å². The summed E-state index contributed by atoms with van der Waals surface area (Å²) in [4.78, 5) is 25.2. The molecule has 0 saturated heterocycles. The lowest BCUT2D eigenvalue weighted by Gasteiger charge is -2.29. The lowest BCUT2D eigenvalue weighted by atomic mass is 10.1. The summed E-state index contributed by atoms with van der Waals surface area (Å²) in [7, 11) is -3.85. The average molecular weight is 376 g/mol. The molecule has 1 N–H and O–H groups in total. The van der Waals surface area contributed by atoms with Gasteiger partial charge in [-0.25, -0.2) is 8.42 Å². The largest absolute Gasteiger partial charge is 0.480 e. The van der Waals surface area contributed by atoms with Gasteiger partial charge in [0.25, 0.3) is 10.0 Å². The standard InChI is InChI=1S/C18H20N2O5S/c1-3-12(2)19(11-17(22)23)16(21)10-20-14-8-4-6-13-7-5-9-15(18(13)14)26(20,24)25/h4-9,12H,3,10-11H2,1-2H3,(H,22,23). The van der Waals surface area contributed by atoms with Crippen LogP contribution in [0.15, 0.2) is 41.3 Å². The van der Waals surface area contributed by atoms with Crippen LogP contribution in [-0.2, 0) is 19.6 Å². The smallest absolute Gasteiger partial charge is 0.323 e. The van der Waals surface area contributed by atoms with Crippen molar-refractivity contribution in [2.75, 3.05) is 17.4 Å².